The summed E-state index contributed by atoms with van der Waals surface area (Å²) in [6.45, 7) is 5.99. The number of guanidine groups is 1. The first-order valence-electron chi connectivity index (χ1n) is 10.2. The summed E-state index contributed by atoms with van der Waals surface area (Å²) in [5.41, 5.74) is 0. The monoisotopic (exact) mass is 426 g/mol. The highest BCUT2D eigenvalue weighted by atomic mass is 32.2. The van der Waals surface area contributed by atoms with E-state index in [0.717, 1.165) is 38.3 Å². The molecule has 0 bridgehead atoms. The Balaban J connectivity index is 1.52. The first kappa shape index (κ1) is 21.8. The summed E-state index contributed by atoms with van der Waals surface area (Å²) in [5.74, 6) is 1.24. The Morgan fingerprint density at radius 1 is 1.31 bits per heavy atom. The third-order valence-electron chi connectivity index (χ3n) is 5.46. The molecule has 3 heterocycles. The molecule has 1 atom stereocenters. The fourth-order valence-electron chi connectivity index (χ4n) is 3.84. The van der Waals surface area contributed by atoms with Crippen LogP contribution in [0.3, 0.4) is 0 Å². The Bertz CT molecular complexity index is 811. The van der Waals surface area contributed by atoms with Gasteiger partial charge in [-0.05, 0) is 44.2 Å². The van der Waals surface area contributed by atoms with E-state index in [1.807, 2.05) is 11.8 Å². The summed E-state index contributed by atoms with van der Waals surface area (Å²) in [4.78, 5) is 10.8. The summed E-state index contributed by atoms with van der Waals surface area (Å²) < 4.78 is 38.8. The van der Waals surface area contributed by atoms with E-state index in [4.69, 9.17) is 4.99 Å². The number of hydrogen-bond donors (Lipinski definition) is 2. The summed E-state index contributed by atoms with van der Waals surface area (Å²) in [7, 11) is -3.10. The van der Waals surface area contributed by atoms with E-state index in [0.29, 0.717) is 37.9 Å². The van der Waals surface area contributed by atoms with Crippen molar-refractivity contribution in [2.45, 2.75) is 32.2 Å². The Morgan fingerprint density at radius 3 is 2.72 bits per heavy atom. The van der Waals surface area contributed by atoms with E-state index in [1.54, 1.807) is 16.6 Å². The SMILES string of the molecule is CCNC(=NCC1CCN(S(C)(=O)=O)CC1)NC1CCN(c2ncccc2F)C1. The number of nitrogens with zero attached hydrogens (tertiary/aromatic N) is 4. The van der Waals surface area contributed by atoms with Gasteiger partial charge in [-0.3, -0.25) is 4.99 Å². The van der Waals surface area contributed by atoms with Crippen molar-refractivity contribution in [3.8, 4) is 0 Å². The third kappa shape index (κ3) is 6.02. The van der Waals surface area contributed by atoms with Crippen LogP contribution in [0.5, 0.6) is 0 Å². The molecule has 0 aliphatic carbocycles. The molecule has 2 aliphatic heterocycles. The zero-order valence-electron chi connectivity index (χ0n) is 17.1. The lowest BCUT2D eigenvalue weighted by atomic mass is 9.98. The Labute approximate surface area is 172 Å². The molecule has 0 aromatic carbocycles. The molecule has 162 valence electrons. The van der Waals surface area contributed by atoms with Gasteiger partial charge >= 0.3 is 0 Å². The van der Waals surface area contributed by atoms with Crippen molar-refractivity contribution < 1.29 is 12.8 Å². The molecular formula is C19H31FN6O2S. The van der Waals surface area contributed by atoms with Gasteiger partial charge in [0.25, 0.3) is 0 Å². The number of hydrogen-bond acceptors (Lipinski definition) is 5. The molecule has 2 N–H and O–H groups in total. The molecule has 1 aromatic rings. The highest BCUT2D eigenvalue weighted by Crippen LogP contribution is 2.21. The largest absolute Gasteiger partial charge is 0.357 e. The molecular weight excluding hydrogens is 395 g/mol. The second-order valence-electron chi connectivity index (χ2n) is 7.71. The van der Waals surface area contributed by atoms with Gasteiger partial charge in [0.05, 0.1) is 6.26 Å². The predicted octanol–water partition coefficient (Wildman–Crippen LogP) is 1.03. The Hall–Kier alpha value is -1.94. The van der Waals surface area contributed by atoms with Crippen LogP contribution < -0.4 is 15.5 Å². The molecule has 2 saturated heterocycles. The van der Waals surface area contributed by atoms with Gasteiger partial charge in [0.2, 0.25) is 10.0 Å². The van der Waals surface area contributed by atoms with Crippen LogP contribution in [0.4, 0.5) is 10.2 Å². The molecule has 0 radical (unpaired) electrons. The molecule has 2 fully saturated rings. The average molecular weight is 427 g/mol. The molecule has 0 saturated carbocycles. The summed E-state index contributed by atoms with van der Waals surface area (Å²) in [6.07, 6.45) is 5.41. The highest BCUT2D eigenvalue weighted by Gasteiger charge is 2.27. The lowest BCUT2D eigenvalue weighted by molar-refractivity contribution is 0.280. The minimum Gasteiger partial charge on any atom is -0.357 e. The number of aliphatic imine (C=N–C) groups is 1. The predicted molar refractivity (Wildman–Crippen MR) is 113 cm³/mol. The van der Waals surface area contributed by atoms with Crippen molar-refractivity contribution in [2.75, 3.05) is 50.4 Å². The summed E-state index contributed by atoms with van der Waals surface area (Å²) in [6, 6.07) is 3.20. The van der Waals surface area contributed by atoms with Gasteiger partial charge in [0.15, 0.2) is 17.6 Å². The van der Waals surface area contributed by atoms with Crippen LogP contribution in [-0.2, 0) is 10.0 Å². The first-order chi connectivity index (χ1) is 13.9. The maximum atomic E-state index is 14.0. The number of halogens is 1. The highest BCUT2D eigenvalue weighted by molar-refractivity contribution is 7.88. The molecule has 10 heteroatoms. The number of anilines is 1. The van der Waals surface area contributed by atoms with E-state index in [9.17, 15) is 12.8 Å². The lowest BCUT2D eigenvalue weighted by Gasteiger charge is -2.29. The molecule has 1 aromatic heterocycles. The average Bonchev–Trinajstić information content (AvgIpc) is 3.14. The number of nitrogens with one attached hydrogen (secondary N) is 2. The van der Waals surface area contributed by atoms with Crippen LogP contribution in [-0.4, -0.2) is 75.2 Å². The van der Waals surface area contributed by atoms with E-state index in [2.05, 4.69) is 15.6 Å². The number of piperidine rings is 1. The van der Waals surface area contributed by atoms with Gasteiger partial charge in [0, 0.05) is 51.5 Å². The van der Waals surface area contributed by atoms with Gasteiger partial charge in [-0.2, -0.15) is 0 Å². The maximum absolute atomic E-state index is 14.0. The fraction of sp³-hybridized carbons (Fsp3) is 0.684. The summed E-state index contributed by atoms with van der Waals surface area (Å²) >= 11 is 0. The van der Waals surface area contributed by atoms with Crippen molar-refractivity contribution in [3.63, 3.8) is 0 Å². The van der Waals surface area contributed by atoms with Gasteiger partial charge in [-0.25, -0.2) is 22.1 Å². The smallest absolute Gasteiger partial charge is 0.211 e. The van der Waals surface area contributed by atoms with Gasteiger partial charge in [-0.15, -0.1) is 0 Å². The number of aromatic nitrogens is 1. The molecule has 8 nitrogen and oxygen atoms in total. The van der Waals surface area contributed by atoms with Crippen molar-refractivity contribution in [3.05, 3.63) is 24.1 Å². The van der Waals surface area contributed by atoms with Crippen molar-refractivity contribution >= 4 is 21.8 Å². The van der Waals surface area contributed by atoms with E-state index in [1.165, 1.54) is 12.3 Å². The maximum Gasteiger partial charge on any atom is 0.211 e. The minimum atomic E-state index is -3.10. The number of sulfonamides is 1. The van der Waals surface area contributed by atoms with Crippen LogP contribution in [0.25, 0.3) is 0 Å². The number of rotatable bonds is 6. The minimum absolute atomic E-state index is 0.168. The normalized spacial score (nSPS) is 22.1. The topological polar surface area (TPSA) is 89.9 Å². The lowest BCUT2D eigenvalue weighted by Crippen LogP contribution is -2.45. The summed E-state index contributed by atoms with van der Waals surface area (Å²) in [5, 5.41) is 6.72. The van der Waals surface area contributed by atoms with E-state index >= 15 is 0 Å². The first-order valence-corrected chi connectivity index (χ1v) is 12.1. The molecule has 2 aliphatic rings. The quantitative estimate of drug-likeness (QED) is 0.522. The molecule has 0 amide bonds. The standard InChI is InChI=1S/C19H31FN6O2S/c1-3-21-19(23-13-15-6-11-26(12-7-15)29(2,27)28)24-16-8-10-25(14-16)18-17(20)5-4-9-22-18/h4-5,9,15-16H,3,6-8,10-14H2,1-2H3,(H2,21,23,24). The second-order valence-corrected chi connectivity index (χ2v) is 9.69. The zero-order chi connectivity index (χ0) is 20.9. The fourth-order valence-corrected chi connectivity index (χ4v) is 4.71. The molecule has 0 spiro atoms. The van der Waals surface area contributed by atoms with Gasteiger partial charge < -0.3 is 15.5 Å². The Morgan fingerprint density at radius 2 is 2.07 bits per heavy atom. The number of pyridine rings is 1. The second kappa shape index (κ2) is 9.71. The zero-order valence-corrected chi connectivity index (χ0v) is 18.0. The van der Waals surface area contributed by atoms with E-state index < -0.39 is 10.0 Å². The molecule has 1 unspecified atom stereocenters. The molecule has 3 rings (SSSR count). The van der Waals surface area contributed by atoms with Crippen LogP contribution in [0.2, 0.25) is 0 Å². The third-order valence-corrected chi connectivity index (χ3v) is 6.77. The molecule has 29 heavy (non-hydrogen) atoms. The van der Waals surface area contributed by atoms with Gasteiger partial charge in [0.1, 0.15) is 0 Å². The van der Waals surface area contributed by atoms with Crippen LogP contribution in [0, 0.1) is 11.7 Å². The van der Waals surface area contributed by atoms with Crippen LogP contribution >= 0.6 is 0 Å². The van der Waals surface area contributed by atoms with E-state index in [-0.39, 0.29) is 11.9 Å². The van der Waals surface area contributed by atoms with Crippen molar-refractivity contribution in [2.24, 2.45) is 10.9 Å². The van der Waals surface area contributed by atoms with Crippen LogP contribution in [0.15, 0.2) is 23.3 Å². The van der Waals surface area contributed by atoms with Crippen molar-refractivity contribution in [1.82, 2.24) is 19.9 Å². The van der Waals surface area contributed by atoms with Gasteiger partial charge in [-0.1, -0.05) is 0 Å². The Kier molecular flexibility index (Phi) is 7.28. The van der Waals surface area contributed by atoms with Crippen LogP contribution in [0.1, 0.15) is 26.2 Å². The van der Waals surface area contributed by atoms with Crippen molar-refractivity contribution in [1.29, 1.82) is 0 Å².